The molecule has 0 saturated carbocycles. The van der Waals surface area contributed by atoms with Gasteiger partial charge in [-0.1, -0.05) is 6.07 Å². The lowest BCUT2D eigenvalue weighted by molar-refractivity contribution is -0.142. The van der Waals surface area contributed by atoms with E-state index in [4.69, 9.17) is 0 Å². The van der Waals surface area contributed by atoms with E-state index in [0.29, 0.717) is 11.3 Å². The van der Waals surface area contributed by atoms with Crippen molar-refractivity contribution in [2.45, 2.75) is 26.2 Å². The maximum absolute atomic E-state index is 11.5. The molecule has 0 radical (unpaired) electrons. The molecule has 2 aromatic rings. The average Bonchev–Trinajstić information content (AvgIpc) is 2.66. The minimum absolute atomic E-state index is 0.0609. The molecule has 0 spiro atoms. The van der Waals surface area contributed by atoms with Crippen molar-refractivity contribution in [3.05, 3.63) is 29.1 Å². The Kier molecular flexibility index (Phi) is 2.81. The summed E-state index contributed by atoms with van der Waals surface area (Å²) in [6.45, 7) is 4.67. The second kappa shape index (κ2) is 4.08. The van der Waals surface area contributed by atoms with Crippen LogP contribution in [0.2, 0.25) is 0 Å². The number of benzene rings is 1. The molecule has 1 aromatic carbocycles. The van der Waals surface area contributed by atoms with E-state index in [-0.39, 0.29) is 16.6 Å². The summed E-state index contributed by atoms with van der Waals surface area (Å²) < 4.78 is 0. The Morgan fingerprint density at radius 1 is 1.26 bits per heavy atom. The van der Waals surface area contributed by atoms with Crippen molar-refractivity contribution in [2.24, 2.45) is 0 Å². The van der Waals surface area contributed by atoms with Gasteiger partial charge in [-0.15, -0.1) is 0 Å². The van der Waals surface area contributed by atoms with E-state index in [1.807, 2.05) is 0 Å². The van der Waals surface area contributed by atoms with E-state index in [1.165, 1.54) is 19.9 Å². The van der Waals surface area contributed by atoms with Gasteiger partial charge in [0.15, 0.2) is 0 Å². The third-order valence-electron chi connectivity index (χ3n) is 3.19. The lowest BCUT2D eigenvalue weighted by Gasteiger charge is -2.21. The molecule has 19 heavy (non-hydrogen) atoms. The van der Waals surface area contributed by atoms with Crippen molar-refractivity contribution in [1.29, 1.82) is 0 Å². The number of hydrogen-bond donors (Lipinski definition) is 3. The molecule has 100 valence electrons. The highest BCUT2D eigenvalue weighted by molar-refractivity contribution is 6.04. The fourth-order valence-electron chi connectivity index (χ4n) is 2.05. The lowest BCUT2D eigenvalue weighted by Crippen LogP contribution is -2.30. The zero-order valence-electron chi connectivity index (χ0n) is 10.8. The number of fused-ring (bicyclic) bond motifs is 1. The van der Waals surface area contributed by atoms with Crippen LogP contribution in [0.1, 0.15) is 35.6 Å². The molecular weight excluding hydrogens is 248 g/mol. The third kappa shape index (κ3) is 1.95. The van der Waals surface area contributed by atoms with Crippen molar-refractivity contribution in [3.8, 4) is 0 Å². The standard InChI is InChI=1S/C13H14N2O4/c1-6-14-8-5-4-7(13(2,3)12(18)19)9(11(16)17)10(8)15-6/h4-5H,1-3H3,(H,14,15)(H,16,17)(H,18,19). The summed E-state index contributed by atoms with van der Waals surface area (Å²) >= 11 is 0. The Morgan fingerprint density at radius 3 is 2.42 bits per heavy atom. The summed E-state index contributed by atoms with van der Waals surface area (Å²) in [6, 6.07) is 3.18. The summed E-state index contributed by atoms with van der Waals surface area (Å²) in [5.41, 5.74) is -0.244. The molecule has 1 heterocycles. The van der Waals surface area contributed by atoms with Gasteiger partial charge in [0.05, 0.1) is 16.5 Å². The van der Waals surface area contributed by atoms with Gasteiger partial charge in [0, 0.05) is 0 Å². The van der Waals surface area contributed by atoms with Crippen LogP contribution in [0.5, 0.6) is 0 Å². The normalized spacial score (nSPS) is 11.7. The number of H-pyrrole nitrogens is 1. The number of aromatic amines is 1. The summed E-state index contributed by atoms with van der Waals surface area (Å²) in [5, 5.41) is 18.6. The number of aromatic nitrogens is 2. The van der Waals surface area contributed by atoms with Gasteiger partial charge in [-0.05, 0) is 32.4 Å². The summed E-state index contributed by atoms with van der Waals surface area (Å²) in [4.78, 5) is 29.9. The Morgan fingerprint density at radius 2 is 1.89 bits per heavy atom. The molecule has 3 N–H and O–H groups in total. The van der Waals surface area contributed by atoms with E-state index in [2.05, 4.69) is 9.97 Å². The summed E-state index contributed by atoms with van der Waals surface area (Å²) in [7, 11) is 0. The molecular formula is C13H14N2O4. The molecule has 0 atom stereocenters. The SMILES string of the molecule is Cc1nc2c(C(=O)O)c(C(C)(C)C(=O)O)ccc2[nH]1. The van der Waals surface area contributed by atoms with Crippen LogP contribution in [-0.4, -0.2) is 32.1 Å². The van der Waals surface area contributed by atoms with Crippen LogP contribution in [0.3, 0.4) is 0 Å². The molecule has 0 unspecified atom stereocenters. The molecule has 0 bridgehead atoms. The number of nitrogens with zero attached hydrogens (tertiary/aromatic N) is 1. The molecule has 2 rings (SSSR count). The topological polar surface area (TPSA) is 103 Å². The Labute approximate surface area is 109 Å². The fraction of sp³-hybridized carbons (Fsp3) is 0.308. The van der Waals surface area contributed by atoms with E-state index < -0.39 is 17.4 Å². The van der Waals surface area contributed by atoms with Gasteiger partial charge in [-0.2, -0.15) is 0 Å². The van der Waals surface area contributed by atoms with E-state index >= 15 is 0 Å². The summed E-state index contributed by atoms with van der Waals surface area (Å²) in [5.74, 6) is -1.68. The van der Waals surface area contributed by atoms with E-state index in [9.17, 15) is 19.8 Å². The first-order chi connectivity index (χ1) is 8.75. The number of imidazole rings is 1. The minimum Gasteiger partial charge on any atom is -0.481 e. The first-order valence-electron chi connectivity index (χ1n) is 5.71. The first kappa shape index (κ1) is 13.1. The van der Waals surface area contributed by atoms with Crippen molar-refractivity contribution >= 4 is 23.0 Å². The second-order valence-corrected chi connectivity index (χ2v) is 4.94. The largest absolute Gasteiger partial charge is 0.481 e. The molecule has 0 aliphatic carbocycles. The van der Waals surface area contributed by atoms with Crippen LogP contribution in [0.15, 0.2) is 12.1 Å². The second-order valence-electron chi connectivity index (χ2n) is 4.94. The van der Waals surface area contributed by atoms with Crippen LogP contribution in [0, 0.1) is 6.92 Å². The van der Waals surface area contributed by atoms with Crippen LogP contribution in [0.25, 0.3) is 11.0 Å². The van der Waals surface area contributed by atoms with Crippen molar-refractivity contribution in [3.63, 3.8) is 0 Å². The zero-order valence-corrected chi connectivity index (χ0v) is 10.8. The fourth-order valence-corrected chi connectivity index (χ4v) is 2.05. The highest BCUT2D eigenvalue weighted by Crippen LogP contribution is 2.31. The van der Waals surface area contributed by atoms with Gasteiger partial charge < -0.3 is 15.2 Å². The third-order valence-corrected chi connectivity index (χ3v) is 3.19. The molecule has 0 aliphatic rings. The predicted molar refractivity (Wildman–Crippen MR) is 68.5 cm³/mol. The number of aromatic carboxylic acids is 1. The maximum Gasteiger partial charge on any atom is 0.338 e. The quantitative estimate of drug-likeness (QED) is 0.784. The minimum atomic E-state index is -1.30. The van der Waals surface area contributed by atoms with E-state index in [0.717, 1.165) is 0 Å². The van der Waals surface area contributed by atoms with Gasteiger partial charge in [0.1, 0.15) is 11.3 Å². The molecule has 0 aliphatic heterocycles. The average molecular weight is 262 g/mol. The molecule has 0 amide bonds. The lowest BCUT2D eigenvalue weighted by atomic mass is 9.81. The maximum atomic E-state index is 11.5. The number of carboxylic acid groups (broad SMARTS) is 2. The Bertz CT molecular complexity index is 685. The molecule has 6 nitrogen and oxygen atoms in total. The summed E-state index contributed by atoms with van der Waals surface area (Å²) in [6.07, 6.45) is 0. The predicted octanol–water partition coefficient (Wildman–Crippen LogP) is 1.93. The monoisotopic (exact) mass is 262 g/mol. The number of hydrogen-bond acceptors (Lipinski definition) is 3. The molecule has 1 aromatic heterocycles. The van der Waals surface area contributed by atoms with Crippen molar-refractivity contribution in [1.82, 2.24) is 9.97 Å². The van der Waals surface area contributed by atoms with Gasteiger partial charge in [0.2, 0.25) is 0 Å². The van der Waals surface area contributed by atoms with Crippen LogP contribution in [-0.2, 0) is 10.2 Å². The van der Waals surface area contributed by atoms with Gasteiger partial charge in [-0.3, -0.25) is 4.79 Å². The van der Waals surface area contributed by atoms with Crippen LogP contribution >= 0.6 is 0 Å². The Hall–Kier alpha value is -2.37. The first-order valence-corrected chi connectivity index (χ1v) is 5.71. The smallest absolute Gasteiger partial charge is 0.338 e. The number of nitrogens with one attached hydrogen (secondary N) is 1. The molecule has 0 fully saturated rings. The van der Waals surface area contributed by atoms with Crippen LogP contribution < -0.4 is 0 Å². The van der Waals surface area contributed by atoms with Crippen LogP contribution in [0.4, 0.5) is 0 Å². The number of carboxylic acids is 2. The van der Waals surface area contributed by atoms with E-state index in [1.54, 1.807) is 13.0 Å². The number of carbonyl (C=O) groups is 2. The molecule has 6 heteroatoms. The number of aliphatic carboxylic acids is 1. The highest BCUT2D eigenvalue weighted by atomic mass is 16.4. The van der Waals surface area contributed by atoms with Gasteiger partial charge >= 0.3 is 11.9 Å². The number of rotatable bonds is 3. The number of aryl methyl sites for hydroxylation is 1. The molecule has 0 saturated heterocycles. The zero-order chi connectivity index (χ0) is 14.4. The van der Waals surface area contributed by atoms with Crippen molar-refractivity contribution < 1.29 is 19.8 Å². The van der Waals surface area contributed by atoms with Gasteiger partial charge in [-0.25, -0.2) is 9.78 Å². The van der Waals surface area contributed by atoms with Gasteiger partial charge in [0.25, 0.3) is 0 Å². The highest BCUT2D eigenvalue weighted by Gasteiger charge is 2.34. The Balaban J connectivity index is 2.85. The van der Waals surface area contributed by atoms with Crippen molar-refractivity contribution in [2.75, 3.05) is 0 Å².